The molecule has 0 aliphatic carbocycles. The highest BCUT2D eigenvalue weighted by Gasteiger charge is 2.05. The molecule has 1 heterocycles. The summed E-state index contributed by atoms with van der Waals surface area (Å²) >= 11 is 2.27. The molecule has 0 aliphatic rings. The summed E-state index contributed by atoms with van der Waals surface area (Å²) in [6, 6.07) is 12.1. The molecule has 0 bridgehead atoms. The largest absolute Gasteiger partial charge is 0.439 e. The van der Waals surface area contributed by atoms with Crippen LogP contribution < -0.4 is 10.1 Å². The molecular formula is C14H15IN2O. The molecule has 1 aromatic heterocycles. The average Bonchev–Trinajstić information content (AvgIpc) is 2.41. The summed E-state index contributed by atoms with van der Waals surface area (Å²) in [6.07, 6.45) is 1.77. The van der Waals surface area contributed by atoms with E-state index >= 15 is 0 Å². The lowest BCUT2D eigenvalue weighted by atomic mass is 10.1. The van der Waals surface area contributed by atoms with Crippen LogP contribution in [0.25, 0.3) is 0 Å². The SMILES string of the molecule is CNC(C)c1ccnc(Oc2ccc(I)cc2)c1. The molecule has 0 spiro atoms. The van der Waals surface area contributed by atoms with Gasteiger partial charge in [0.15, 0.2) is 0 Å². The number of aromatic nitrogens is 1. The van der Waals surface area contributed by atoms with Crippen molar-refractivity contribution in [3.05, 3.63) is 51.7 Å². The Morgan fingerprint density at radius 3 is 2.61 bits per heavy atom. The van der Waals surface area contributed by atoms with Gasteiger partial charge in [0.2, 0.25) is 5.88 Å². The molecular weight excluding hydrogens is 339 g/mol. The molecule has 4 heteroatoms. The summed E-state index contributed by atoms with van der Waals surface area (Å²) in [5.74, 6) is 1.42. The smallest absolute Gasteiger partial charge is 0.219 e. The van der Waals surface area contributed by atoms with Crippen molar-refractivity contribution in [2.75, 3.05) is 7.05 Å². The highest BCUT2D eigenvalue weighted by molar-refractivity contribution is 14.1. The third-order valence-electron chi connectivity index (χ3n) is 2.73. The molecule has 0 saturated heterocycles. The minimum atomic E-state index is 0.284. The van der Waals surface area contributed by atoms with Crippen LogP contribution in [0.5, 0.6) is 11.6 Å². The lowest BCUT2D eigenvalue weighted by Crippen LogP contribution is -2.12. The van der Waals surface area contributed by atoms with Gasteiger partial charge in [0.25, 0.3) is 0 Å². The van der Waals surface area contributed by atoms with E-state index < -0.39 is 0 Å². The zero-order valence-electron chi connectivity index (χ0n) is 10.4. The van der Waals surface area contributed by atoms with E-state index in [0.29, 0.717) is 5.88 Å². The standard InChI is InChI=1S/C14H15IN2O/c1-10(16-2)11-7-8-17-14(9-11)18-13-5-3-12(15)4-6-13/h3-10,16H,1-2H3. The molecule has 1 unspecified atom stereocenters. The van der Waals surface area contributed by atoms with Crippen LogP contribution in [0.1, 0.15) is 18.5 Å². The van der Waals surface area contributed by atoms with E-state index in [0.717, 1.165) is 11.3 Å². The highest BCUT2D eigenvalue weighted by Crippen LogP contribution is 2.22. The van der Waals surface area contributed by atoms with E-state index in [2.05, 4.69) is 39.8 Å². The molecule has 0 amide bonds. The molecule has 2 aromatic rings. The maximum Gasteiger partial charge on any atom is 0.219 e. The summed E-state index contributed by atoms with van der Waals surface area (Å²) in [5.41, 5.74) is 1.16. The maximum absolute atomic E-state index is 5.73. The predicted molar refractivity (Wildman–Crippen MR) is 80.9 cm³/mol. The molecule has 1 atom stereocenters. The van der Waals surface area contributed by atoms with Gasteiger partial charge < -0.3 is 10.1 Å². The van der Waals surface area contributed by atoms with Crippen LogP contribution in [0, 0.1) is 3.57 Å². The molecule has 0 fully saturated rings. The fourth-order valence-corrected chi connectivity index (χ4v) is 1.90. The van der Waals surface area contributed by atoms with Gasteiger partial charge >= 0.3 is 0 Å². The van der Waals surface area contributed by atoms with Crippen LogP contribution in [-0.4, -0.2) is 12.0 Å². The van der Waals surface area contributed by atoms with E-state index in [9.17, 15) is 0 Å². The average molecular weight is 354 g/mol. The van der Waals surface area contributed by atoms with Crippen LogP contribution >= 0.6 is 22.6 Å². The number of benzene rings is 1. The van der Waals surface area contributed by atoms with Crippen molar-refractivity contribution in [1.29, 1.82) is 0 Å². The Balaban J connectivity index is 2.16. The summed E-state index contributed by atoms with van der Waals surface area (Å²) in [4.78, 5) is 4.22. The maximum atomic E-state index is 5.73. The zero-order chi connectivity index (χ0) is 13.0. The summed E-state index contributed by atoms with van der Waals surface area (Å²) in [7, 11) is 1.94. The predicted octanol–water partition coefficient (Wildman–Crippen LogP) is 3.76. The van der Waals surface area contributed by atoms with Gasteiger partial charge in [0.05, 0.1) is 0 Å². The van der Waals surface area contributed by atoms with E-state index in [1.165, 1.54) is 3.57 Å². The Hall–Kier alpha value is -1.14. The van der Waals surface area contributed by atoms with Crippen molar-refractivity contribution in [2.45, 2.75) is 13.0 Å². The summed E-state index contributed by atoms with van der Waals surface area (Å²) in [5, 5.41) is 3.20. The monoisotopic (exact) mass is 354 g/mol. The van der Waals surface area contributed by atoms with Gasteiger partial charge in [-0.25, -0.2) is 4.98 Å². The molecule has 0 saturated carbocycles. The highest BCUT2D eigenvalue weighted by atomic mass is 127. The molecule has 1 N–H and O–H groups in total. The van der Waals surface area contributed by atoms with Crippen LogP contribution in [0.4, 0.5) is 0 Å². The van der Waals surface area contributed by atoms with Gasteiger partial charge in [0, 0.05) is 21.9 Å². The fraction of sp³-hybridized carbons (Fsp3) is 0.214. The number of hydrogen-bond donors (Lipinski definition) is 1. The molecule has 1 aromatic carbocycles. The molecule has 18 heavy (non-hydrogen) atoms. The molecule has 3 nitrogen and oxygen atoms in total. The number of hydrogen-bond acceptors (Lipinski definition) is 3. The van der Waals surface area contributed by atoms with Gasteiger partial charge in [-0.05, 0) is 72.5 Å². The number of halogens is 1. The second-order valence-corrected chi connectivity index (χ2v) is 5.24. The zero-order valence-corrected chi connectivity index (χ0v) is 12.5. The van der Waals surface area contributed by atoms with Crippen molar-refractivity contribution < 1.29 is 4.74 Å². The first-order valence-electron chi connectivity index (χ1n) is 5.75. The lowest BCUT2D eigenvalue weighted by Gasteiger charge is -2.11. The first-order valence-corrected chi connectivity index (χ1v) is 6.83. The Labute approximate surface area is 121 Å². The second-order valence-electron chi connectivity index (χ2n) is 3.99. The number of nitrogens with one attached hydrogen (secondary N) is 1. The third-order valence-corrected chi connectivity index (χ3v) is 3.45. The summed E-state index contributed by atoms with van der Waals surface area (Å²) < 4.78 is 6.91. The van der Waals surface area contributed by atoms with Crippen molar-refractivity contribution in [3.8, 4) is 11.6 Å². The summed E-state index contributed by atoms with van der Waals surface area (Å²) in [6.45, 7) is 2.10. The normalized spacial score (nSPS) is 12.2. The van der Waals surface area contributed by atoms with E-state index in [1.807, 2.05) is 43.4 Å². The molecule has 0 aliphatic heterocycles. The molecule has 2 rings (SSSR count). The van der Waals surface area contributed by atoms with Crippen LogP contribution in [0.15, 0.2) is 42.6 Å². The van der Waals surface area contributed by atoms with Crippen LogP contribution in [-0.2, 0) is 0 Å². The quantitative estimate of drug-likeness (QED) is 0.849. The minimum Gasteiger partial charge on any atom is -0.439 e. The lowest BCUT2D eigenvalue weighted by molar-refractivity contribution is 0.460. The Bertz CT molecular complexity index is 513. The Kier molecular flexibility index (Phi) is 4.54. The first kappa shape index (κ1) is 13.3. The second kappa shape index (κ2) is 6.15. The van der Waals surface area contributed by atoms with E-state index in [-0.39, 0.29) is 6.04 Å². The van der Waals surface area contributed by atoms with Crippen molar-refractivity contribution in [2.24, 2.45) is 0 Å². The first-order chi connectivity index (χ1) is 8.69. The Morgan fingerprint density at radius 2 is 1.94 bits per heavy atom. The van der Waals surface area contributed by atoms with Crippen LogP contribution in [0.2, 0.25) is 0 Å². The number of pyridine rings is 1. The van der Waals surface area contributed by atoms with Crippen molar-refractivity contribution in [1.82, 2.24) is 10.3 Å². The third kappa shape index (κ3) is 3.43. The number of rotatable bonds is 4. The molecule has 94 valence electrons. The molecule has 0 radical (unpaired) electrons. The minimum absolute atomic E-state index is 0.284. The van der Waals surface area contributed by atoms with Gasteiger partial charge in [-0.3, -0.25) is 0 Å². The van der Waals surface area contributed by atoms with Crippen LogP contribution in [0.3, 0.4) is 0 Å². The van der Waals surface area contributed by atoms with Crippen molar-refractivity contribution >= 4 is 22.6 Å². The van der Waals surface area contributed by atoms with E-state index in [4.69, 9.17) is 4.74 Å². The van der Waals surface area contributed by atoms with Gasteiger partial charge in [-0.1, -0.05) is 0 Å². The van der Waals surface area contributed by atoms with Crippen molar-refractivity contribution in [3.63, 3.8) is 0 Å². The van der Waals surface area contributed by atoms with Gasteiger partial charge in [0.1, 0.15) is 5.75 Å². The van der Waals surface area contributed by atoms with E-state index in [1.54, 1.807) is 6.20 Å². The number of nitrogens with zero attached hydrogens (tertiary/aromatic N) is 1. The van der Waals surface area contributed by atoms with Gasteiger partial charge in [-0.2, -0.15) is 0 Å². The van der Waals surface area contributed by atoms with Gasteiger partial charge in [-0.15, -0.1) is 0 Å². The Morgan fingerprint density at radius 1 is 1.22 bits per heavy atom. The number of ether oxygens (including phenoxy) is 1. The topological polar surface area (TPSA) is 34.2 Å². The fourth-order valence-electron chi connectivity index (χ4n) is 1.54.